The monoisotopic (exact) mass is 356 g/mol. The van der Waals surface area contributed by atoms with Gasteiger partial charge in [-0.25, -0.2) is 9.78 Å². The van der Waals surface area contributed by atoms with E-state index < -0.39 is 12.6 Å². The van der Waals surface area contributed by atoms with Crippen molar-refractivity contribution >= 4 is 17.8 Å². The van der Waals surface area contributed by atoms with E-state index >= 15 is 0 Å². The van der Waals surface area contributed by atoms with Gasteiger partial charge in [0.25, 0.3) is 0 Å². The fraction of sp³-hybridized carbons (Fsp3) is 0.263. The lowest BCUT2D eigenvalue weighted by Gasteiger charge is -2.10. The Balaban J connectivity index is 2.25. The van der Waals surface area contributed by atoms with E-state index in [9.17, 15) is 9.59 Å². The first-order valence-corrected chi connectivity index (χ1v) is 7.88. The number of ether oxygens (including phenoxy) is 2. The highest BCUT2D eigenvalue weighted by atomic mass is 16.5. The van der Waals surface area contributed by atoms with Gasteiger partial charge in [0.1, 0.15) is 0 Å². The van der Waals surface area contributed by atoms with Gasteiger partial charge in [-0.15, -0.1) is 0 Å². The lowest BCUT2D eigenvalue weighted by Crippen LogP contribution is -2.10. The second-order valence-electron chi connectivity index (χ2n) is 5.61. The molecule has 136 valence electrons. The van der Waals surface area contributed by atoms with Crippen LogP contribution in [0.3, 0.4) is 0 Å². The van der Waals surface area contributed by atoms with Gasteiger partial charge in [-0.2, -0.15) is 0 Å². The zero-order valence-corrected chi connectivity index (χ0v) is 15.1. The number of aryl methyl sites for hydroxylation is 3. The van der Waals surface area contributed by atoms with Crippen LogP contribution in [0.15, 0.2) is 24.3 Å². The molecule has 2 rings (SSSR count). The number of aliphatic carboxylic acids is 1. The number of carboxylic acids is 1. The summed E-state index contributed by atoms with van der Waals surface area (Å²) in [6.45, 7) is 5.04. The molecule has 26 heavy (non-hydrogen) atoms. The number of aromatic nitrogens is 2. The van der Waals surface area contributed by atoms with Gasteiger partial charge in [0.15, 0.2) is 23.9 Å². The molecule has 0 aliphatic heterocycles. The van der Waals surface area contributed by atoms with E-state index in [-0.39, 0.29) is 11.5 Å². The average Bonchev–Trinajstić information content (AvgIpc) is 2.61. The number of carbonyl (C=O) groups is 2. The minimum atomic E-state index is -1.12. The molecule has 0 unspecified atom stereocenters. The van der Waals surface area contributed by atoms with E-state index in [0.29, 0.717) is 17.0 Å². The standard InChI is InChI=1S/C19H20N2O5/c1-11-12(2)21-15(13(3)20-11)6-7-16(22)14-5-8-17(25-4)18(9-14)26-10-19(23)24/h5-9H,10H2,1-4H3,(H,23,24)/b7-6+. The van der Waals surface area contributed by atoms with Crippen LogP contribution in [-0.2, 0) is 4.79 Å². The van der Waals surface area contributed by atoms with Crippen LogP contribution in [0.1, 0.15) is 33.1 Å². The second-order valence-corrected chi connectivity index (χ2v) is 5.61. The van der Waals surface area contributed by atoms with E-state index in [1.54, 1.807) is 18.2 Å². The summed E-state index contributed by atoms with van der Waals surface area (Å²) in [5, 5.41) is 8.74. The summed E-state index contributed by atoms with van der Waals surface area (Å²) < 4.78 is 10.3. The normalized spacial score (nSPS) is 10.8. The molecule has 0 bridgehead atoms. The molecule has 7 nitrogen and oxygen atoms in total. The molecule has 1 aromatic heterocycles. The van der Waals surface area contributed by atoms with Crippen LogP contribution in [-0.4, -0.2) is 40.5 Å². The van der Waals surface area contributed by atoms with Crippen LogP contribution >= 0.6 is 0 Å². The first-order chi connectivity index (χ1) is 12.3. The Morgan fingerprint density at radius 2 is 1.77 bits per heavy atom. The number of hydrogen-bond acceptors (Lipinski definition) is 6. The van der Waals surface area contributed by atoms with Crippen LogP contribution in [0.25, 0.3) is 6.08 Å². The highest BCUT2D eigenvalue weighted by molar-refractivity contribution is 6.07. The molecule has 0 aliphatic carbocycles. The third-order valence-electron chi connectivity index (χ3n) is 3.71. The quantitative estimate of drug-likeness (QED) is 0.601. The van der Waals surface area contributed by atoms with Gasteiger partial charge in [-0.1, -0.05) is 0 Å². The number of hydrogen-bond donors (Lipinski definition) is 1. The highest BCUT2D eigenvalue weighted by Crippen LogP contribution is 2.28. The summed E-state index contributed by atoms with van der Waals surface area (Å²) in [6, 6.07) is 4.59. The number of allylic oxidation sites excluding steroid dienone is 1. The van der Waals surface area contributed by atoms with Crippen molar-refractivity contribution in [2.75, 3.05) is 13.7 Å². The summed E-state index contributed by atoms with van der Waals surface area (Å²) in [7, 11) is 1.44. The smallest absolute Gasteiger partial charge is 0.341 e. The number of rotatable bonds is 7. The van der Waals surface area contributed by atoms with Crippen molar-refractivity contribution < 1.29 is 24.2 Å². The molecular weight excluding hydrogens is 336 g/mol. The number of ketones is 1. The van der Waals surface area contributed by atoms with Crippen molar-refractivity contribution in [3.05, 3.63) is 52.6 Å². The Morgan fingerprint density at radius 3 is 2.42 bits per heavy atom. The van der Waals surface area contributed by atoms with Crippen LogP contribution in [0, 0.1) is 20.8 Å². The predicted octanol–water partition coefficient (Wildman–Crippen LogP) is 2.77. The number of methoxy groups -OCH3 is 1. The van der Waals surface area contributed by atoms with E-state index in [2.05, 4.69) is 9.97 Å². The Kier molecular flexibility index (Phi) is 6.06. The summed E-state index contributed by atoms with van der Waals surface area (Å²) >= 11 is 0. The van der Waals surface area contributed by atoms with Crippen LogP contribution in [0.5, 0.6) is 11.5 Å². The minimum absolute atomic E-state index is 0.191. The van der Waals surface area contributed by atoms with E-state index in [1.807, 2.05) is 20.8 Å². The number of carbonyl (C=O) groups excluding carboxylic acids is 1. The Morgan fingerprint density at radius 1 is 1.08 bits per heavy atom. The largest absolute Gasteiger partial charge is 0.493 e. The molecule has 0 saturated heterocycles. The van der Waals surface area contributed by atoms with Gasteiger partial charge in [0.2, 0.25) is 0 Å². The molecule has 0 aliphatic rings. The maximum atomic E-state index is 12.4. The molecule has 1 N–H and O–H groups in total. The van der Waals surface area contributed by atoms with Gasteiger partial charge < -0.3 is 14.6 Å². The van der Waals surface area contributed by atoms with Crippen LogP contribution in [0.4, 0.5) is 0 Å². The Hall–Kier alpha value is -3.22. The number of nitrogens with zero attached hydrogens (tertiary/aromatic N) is 2. The lowest BCUT2D eigenvalue weighted by atomic mass is 10.1. The third-order valence-corrected chi connectivity index (χ3v) is 3.71. The summed E-state index contributed by atoms with van der Waals surface area (Å²) in [5.74, 6) is -0.848. The maximum absolute atomic E-state index is 12.4. The lowest BCUT2D eigenvalue weighted by molar-refractivity contribution is -0.139. The Labute approximate surface area is 151 Å². The molecule has 1 aromatic carbocycles. The number of carboxylic acid groups (broad SMARTS) is 1. The molecule has 0 saturated carbocycles. The van der Waals surface area contributed by atoms with Gasteiger partial charge in [0, 0.05) is 5.56 Å². The van der Waals surface area contributed by atoms with Crippen molar-refractivity contribution in [2.45, 2.75) is 20.8 Å². The first kappa shape index (κ1) is 19.1. The first-order valence-electron chi connectivity index (χ1n) is 7.88. The SMILES string of the molecule is COc1ccc(C(=O)/C=C/c2nc(C)c(C)nc2C)cc1OCC(=O)O. The number of benzene rings is 1. The topological polar surface area (TPSA) is 98.6 Å². The zero-order valence-electron chi connectivity index (χ0n) is 15.1. The highest BCUT2D eigenvalue weighted by Gasteiger charge is 2.11. The molecule has 1 heterocycles. The minimum Gasteiger partial charge on any atom is -0.493 e. The molecular formula is C19H20N2O5. The summed E-state index contributed by atoms with van der Waals surface area (Å²) in [5.41, 5.74) is 3.35. The molecule has 0 spiro atoms. The van der Waals surface area contributed by atoms with Crippen molar-refractivity contribution in [3.63, 3.8) is 0 Å². The van der Waals surface area contributed by atoms with E-state index in [1.165, 1.54) is 19.3 Å². The fourth-order valence-electron chi connectivity index (χ4n) is 2.22. The molecule has 7 heteroatoms. The summed E-state index contributed by atoms with van der Waals surface area (Å²) in [4.78, 5) is 31.9. The molecule has 0 amide bonds. The molecule has 0 radical (unpaired) electrons. The molecule has 2 aromatic rings. The average molecular weight is 356 g/mol. The zero-order chi connectivity index (χ0) is 19.3. The van der Waals surface area contributed by atoms with Gasteiger partial charge >= 0.3 is 5.97 Å². The predicted molar refractivity (Wildman–Crippen MR) is 95.7 cm³/mol. The fourth-order valence-corrected chi connectivity index (χ4v) is 2.22. The van der Waals surface area contributed by atoms with Gasteiger partial charge in [-0.05, 0) is 51.1 Å². The van der Waals surface area contributed by atoms with Crippen LogP contribution in [0.2, 0.25) is 0 Å². The van der Waals surface area contributed by atoms with Crippen molar-refractivity contribution in [1.82, 2.24) is 9.97 Å². The van der Waals surface area contributed by atoms with Crippen molar-refractivity contribution in [3.8, 4) is 11.5 Å². The van der Waals surface area contributed by atoms with Crippen LogP contribution < -0.4 is 9.47 Å². The van der Waals surface area contributed by atoms with Crippen molar-refractivity contribution in [2.24, 2.45) is 0 Å². The van der Waals surface area contributed by atoms with Gasteiger partial charge in [0.05, 0.1) is 29.9 Å². The summed E-state index contributed by atoms with van der Waals surface area (Å²) in [6.07, 6.45) is 3.01. The maximum Gasteiger partial charge on any atom is 0.341 e. The molecule has 0 fully saturated rings. The van der Waals surface area contributed by atoms with E-state index in [4.69, 9.17) is 14.6 Å². The van der Waals surface area contributed by atoms with E-state index in [0.717, 1.165) is 17.1 Å². The third kappa shape index (κ3) is 4.66. The van der Waals surface area contributed by atoms with Crippen molar-refractivity contribution in [1.29, 1.82) is 0 Å². The van der Waals surface area contributed by atoms with Gasteiger partial charge in [-0.3, -0.25) is 9.78 Å². The molecule has 0 atom stereocenters. The second kappa shape index (κ2) is 8.24. The Bertz CT molecular complexity index is 874.